The van der Waals surface area contributed by atoms with Crippen molar-refractivity contribution >= 4 is 29.1 Å². The minimum Gasteiger partial charge on any atom is -0.363 e. The number of aryl methyl sites for hydroxylation is 2. The number of hydrogen-bond donors (Lipinski definition) is 2. The van der Waals surface area contributed by atoms with E-state index >= 15 is 0 Å². The zero-order valence-corrected chi connectivity index (χ0v) is 10.8. The Morgan fingerprint density at radius 1 is 1.28 bits per heavy atom. The topological polar surface area (TPSA) is 84.7 Å². The van der Waals surface area contributed by atoms with E-state index in [0.717, 1.165) is 5.56 Å². The monoisotopic (exact) mass is 284 g/mol. The van der Waals surface area contributed by atoms with E-state index in [4.69, 9.17) is 28.9 Å². The summed E-state index contributed by atoms with van der Waals surface area (Å²) < 4.78 is 0. The molecule has 0 unspecified atom stereocenters. The van der Waals surface area contributed by atoms with Gasteiger partial charge in [0.15, 0.2) is 0 Å². The van der Waals surface area contributed by atoms with Crippen molar-refractivity contribution in [3.05, 3.63) is 45.5 Å². The van der Waals surface area contributed by atoms with Gasteiger partial charge in [0, 0.05) is 6.42 Å². The molecule has 5 nitrogen and oxygen atoms in total. The van der Waals surface area contributed by atoms with Gasteiger partial charge in [-0.1, -0.05) is 29.3 Å². The molecule has 0 aliphatic rings. The van der Waals surface area contributed by atoms with E-state index in [0.29, 0.717) is 28.7 Å². The summed E-state index contributed by atoms with van der Waals surface area (Å²) in [4.78, 5) is 14.8. The Bertz CT molecular complexity index is 582. The second-order valence-corrected chi connectivity index (χ2v) is 4.53. The van der Waals surface area contributed by atoms with Gasteiger partial charge in [-0.3, -0.25) is 9.89 Å². The number of primary amides is 1. The van der Waals surface area contributed by atoms with Crippen LogP contribution in [0.2, 0.25) is 10.0 Å². The highest BCUT2D eigenvalue weighted by atomic mass is 35.5. The van der Waals surface area contributed by atoms with Crippen LogP contribution in [0.5, 0.6) is 0 Å². The summed E-state index contributed by atoms with van der Waals surface area (Å²) in [7, 11) is 0. The van der Waals surface area contributed by atoms with Gasteiger partial charge in [0.2, 0.25) is 5.82 Å². The first-order chi connectivity index (χ1) is 8.56. The summed E-state index contributed by atoms with van der Waals surface area (Å²) >= 11 is 11.7. The maximum atomic E-state index is 10.8. The highest BCUT2D eigenvalue weighted by Crippen LogP contribution is 2.23. The molecule has 0 spiro atoms. The number of benzene rings is 1. The normalized spacial score (nSPS) is 10.6. The zero-order chi connectivity index (χ0) is 13.1. The molecule has 1 heterocycles. The van der Waals surface area contributed by atoms with Crippen molar-refractivity contribution < 1.29 is 4.79 Å². The first-order valence-corrected chi connectivity index (χ1v) is 5.97. The van der Waals surface area contributed by atoms with Gasteiger partial charge in [-0.05, 0) is 24.1 Å². The summed E-state index contributed by atoms with van der Waals surface area (Å²) in [5.41, 5.74) is 6.08. The summed E-state index contributed by atoms with van der Waals surface area (Å²) in [5, 5.41) is 7.41. The molecule has 0 aliphatic heterocycles. The third-order valence-electron chi connectivity index (χ3n) is 2.39. The van der Waals surface area contributed by atoms with Gasteiger partial charge >= 0.3 is 0 Å². The van der Waals surface area contributed by atoms with Crippen LogP contribution in [0.1, 0.15) is 22.0 Å². The Kier molecular flexibility index (Phi) is 3.84. The molecule has 0 radical (unpaired) electrons. The van der Waals surface area contributed by atoms with E-state index < -0.39 is 5.91 Å². The number of amides is 1. The van der Waals surface area contributed by atoms with Crippen LogP contribution in [0.25, 0.3) is 0 Å². The number of H-pyrrole nitrogens is 1. The lowest BCUT2D eigenvalue weighted by atomic mass is 10.1. The van der Waals surface area contributed by atoms with Gasteiger partial charge in [-0.2, -0.15) is 0 Å². The van der Waals surface area contributed by atoms with Crippen LogP contribution in [-0.2, 0) is 12.8 Å². The predicted octanol–water partition coefficient (Wildman–Crippen LogP) is 2.00. The molecule has 18 heavy (non-hydrogen) atoms. The Morgan fingerprint density at radius 2 is 2.06 bits per heavy atom. The average molecular weight is 285 g/mol. The van der Waals surface area contributed by atoms with Crippen LogP contribution in [0.15, 0.2) is 18.2 Å². The molecule has 94 valence electrons. The Hall–Kier alpha value is -1.59. The quantitative estimate of drug-likeness (QED) is 0.901. The molecule has 0 fully saturated rings. The van der Waals surface area contributed by atoms with E-state index in [9.17, 15) is 4.79 Å². The Labute approximate surface area is 113 Å². The van der Waals surface area contributed by atoms with Gasteiger partial charge in [-0.25, -0.2) is 4.98 Å². The van der Waals surface area contributed by atoms with E-state index in [1.807, 2.05) is 6.07 Å². The van der Waals surface area contributed by atoms with Crippen molar-refractivity contribution in [2.75, 3.05) is 0 Å². The molecule has 3 N–H and O–H groups in total. The number of carbonyl (C=O) groups excluding carboxylic acids is 1. The second-order valence-electron chi connectivity index (χ2n) is 3.72. The first kappa shape index (κ1) is 12.9. The van der Waals surface area contributed by atoms with Crippen LogP contribution >= 0.6 is 23.2 Å². The minimum atomic E-state index is -0.646. The fourth-order valence-electron chi connectivity index (χ4n) is 1.48. The highest BCUT2D eigenvalue weighted by Gasteiger charge is 2.08. The molecular formula is C11H10Cl2N4O. The number of carbonyl (C=O) groups is 1. The molecule has 2 rings (SSSR count). The molecular weight excluding hydrogens is 275 g/mol. The lowest BCUT2D eigenvalue weighted by Crippen LogP contribution is -2.12. The molecule has 1 aromatic heterocycles. The molecule has 1 aromatic carbocycles. The standard InChI is InChI=1S/C11H10Cl2N4O/c12-7-3-1-6(5-8(7)13)2-4-9-15-11(10(14)18)17-16-9/h1,3,5H,2,4H2,(H2,14,18)(H,15,16,17). The zero-order valence-electron chi connectivity index (χ0n) is 9.28. The summed E-state index contributed by atoms with van der Waals surface area (Å²) in [6, 6.07) is 5.43. The molecule has 1 amide bonds. The molecule has 0 bridgehead atoms. The van der Waals surface area contributed by atoms with Gasteiger partial charge in [-0.15, -0.1) is 5.10 Å². The van der Waals surface area contributed by atoms with Crippen LogP contribution < -0.4 is 5.73 Å². The fourth-order valence-corrected chi connectivity index (χ4v) is 1.80. The summed E-state index contributed by atoms with van der Waals surface area (Å²) in [6.45, 7) is 0. The largest absolute Gasteiger partial charge is 0.363 e. The lowest BCUT2D eigenvalue weighted by Gasteiger charge is -2.01. The van der Waals surface area contributed by atoms with E-state index in [-0.39, 0.29) is 5.82 Å². The molecule has 0 saturated carbocycles. The van der Waals surface area contributed by atoms with Crippen molar-refractivity contribution in [3.63, 3.8) is 0 Å². The van der Waals surface area contributed by atoms with E-state index in [2.05, 4.69) is 15.2 Å². The van der Waals surface area contributed by atoms with Crippen molar-refractivity contribution in [2.24, 2.45) is 5.73 Å². The van der Waals surface area contributed by atoms with Crippen LogP contribution in [0.4, 0.5) is 0 Å². The Balaban J connectivity index is 2.02. The van der Waals surface area contributed by atoms with Crippen molar-refractivity contribution in [1.29, 1.82) is 0 Å². The van der Waals surface area contributed by atoms with E-state index in [1.54, 1.807) is 12.1 Å². The first-order valence-electron chi connectivity index (χ1n) is 5.21. The minimum absolute atomic E-state index is 0.000798. The summed E-state index contributed by atoms with van der Waals surface area (Å²) in [5.74, 6) is -0.0407. The number of nitrogens with one attached hydrogen (secondary N) is 1. The fraction of sp³-hybridized carbons (Fsp3) is 0.182. The molecule has 7 heteroatoms. The van der Waals surface area contributed by atoms with Gasteiger partial charge in [0.05, 0.1) is 10.0 Å². The number of aromatic nitrogens is 3. The van der Waals surface area contributed by atoms with E-state index in [1.165, 1.54) is 0 Å². The van der Waals surface area contributed by atoms with Gasteiger partial charge in [0.1, 0.15) is 5.82 Å². The smallest absolute Gasteiger partial charge is 0.288 e. The van der Waals surface area contributed by atoms with Crippen molar-refractivity contribution in [1.82, 2.24) is 15.2 Å². The average Bonchev–Trinajstić information content (AvgIpc) is 2.79. The van der Waals surface area contributed by atoms with Crippen molar-refractivity contribution in [3.8, 4) is 0 Å². The van der Waals surface area contributed by atoms with Gasteiger partial charge in [0.25, 0.3) is 5.91 Å². The second kappa shape index (κ2) is 5.37. The maximum Gasteiger partial charge on any atom is 0.288 e. The lowest BCUT2D eigenvalue weighted by molar-refractivity contribution is 0.0991. The molecule has 0 aliphatic carbocycles. The Morgan fingerprint density at radius 3 is 2.67 bits per heavy atom. The SMILES string of the molecule is NC(=O)c1n[nH]c(CCc2ccc(Cl)c(Cl)c2)n1. The number of rotatable bonds is 4. The number of nitrogens with zero attached hydrogens (tertiary/aromatic N) is 2. The molecule has 0 atom stereocenters. The maximum absolute atomic E-state index is 10.8. The number of aromatic amines is 1. The molecule has 2 aromatic rings. The number of hydrogen-bond acceptors (Lipinski definition) is 3. The van der Waals surface area contributed by atoms with Crippen LogP contribution in [0, 0.1) is 0 Å². The third-order valence-corrected chi connectivity index (χ3v) is 3.13. The molecule has 0 saturated heterocycles. The van der Waals surface area contributed by atoms with Crippen molar-refractivity contribution in [2.45, 2.75) is 12.8 Å². The van der Waals surface area contributed by atoms with Crippen LogP contribution in [0.3, 0.4) is 0 Å². The van der Waals surface area contributed by atoms with Crippen LogP contribution in [-0.4, -0.2) is 21.1 Å². The summed E-state index contributed by atoms with van der Waals surface area (Å²) in [6.07, 6.45) is 1.32. The number of halogens is 2. The third kappa shape index (κ3) is 3.00. The number of nitrogens with two attached hydrogens (primary N) is 1. The highest BCUT2D eigenvalue weighted by molar-refractivity contribution is 6.42. The predicted molar refractivity (Wildman–Crippen MR) is 68.8 cm³/mol. The van der Waals surface area contributed by atoms with Gasteiger partial charge < -0.3 is 5.73 Å².